The van der Waals surface area contributed by atoms with Crippen molar-refractivity contribution in [3.8, 4) is 5.75 Å². The van der Waals surface area contributed by atoms with E-state index in [1.165, 1.54) is 6.07 Å². The molecule has 3 N–H and O–H groups in total. The van der Waals surface area contributed by atoms with E-state index in [1.807, 2.05) is 27.7 Å². The van der Waals surface area contributed by atoms with Crippen LogP contribution in [-0.2, 0) is 9.31 Å². The van der Waals surface area contributed by atoms with E-state index in [4.69, 9.17) is 15.0 Å². The summed E-state index contributed by atoms with van der Waals surface area (Å²) in [4.78, 5) is 0. The van der Waals surface area contributed by atoms with Crippen molar-refractivity contribution in [2.75, 3.05) is 5.73 Å². The molecule has 0 spiro atoms. The molecule has 4 nitrogen and oxygen atoms in total. The molecule has 0 saturated carbocycles. The zero-order chi connectivity index (χ0) is 12.8. The lowest BCUT2D eigenvalue weighted by Gasteiger charge is -2.32. The van der Waals surface area contributed by atoms with Crippen LogP contribution < -0.4 is 11.2 Å². The number of aromatic hydroxyl groups is 1. The summed E-state index contributed by atoms with van der Waals surface area (Å²) in [6.45, 7) is 7.96. The van der Waals surface area contributed by atoms with Crippen LogP contribution in [0.15, 0.2) is 18.2 Å². The van der Waals surface area contributed by atoms with E-state index in [2.05, 4.69) is 0 Å². The van der Waals surface area contributed by atoms with Crippen molar-refractivity contribution < 1.29 is 14.4 Å². The lowest BCUT2D eigenvalue weighted by Crippen LogP contribution is -2.41. The minimum absolute atomic E-state index is 0.141. The molecule has 1 aromatic rings. The number of rotatable bonds is 1. The van der Waals surface area contributed by atoms with Gasteiger partial charge < -0.3 is 20.1 Å². The first-order valence-electron chi connectivity index (χ1n) is 5.67. The first-order valence-corrected chi connectivity index (χ1v) is 5.67. The highest BCUT2D eigenvalue weighted by atomic mass is 16.7. The van der Waals surface area contributed by atoms with E-state index >= 15 is 0 Å². The van der Waals surface area contributed by atoms with E-state index in [0.717, 1.165) is 5.46 Å². The molecule has 1 fully saturated rings. The standard InChI is InChI=1S/C12H18BNO3/c1-11(2)12(3,4)17-13(16-11)9-6-5-8(15)7-10(9)14/h5-7,15H,14H2,1-4H3. The Hall–Kier alpha value is -1.20. The first kappa shape index (κ1) is 12.3. The number of nitrogen functional groups attached to an aromatic ring is 1. The monoisotopic (exact) mass is 235 g/mol. The highest BCUT2D eigenvalue weighted by Crippen LogP contribution is 2.36. The van der Waals surface area contributed by atoms with E-state index in [-0.39, 0.29) is 17.0 Å². The Kier molecular flexibility index (Phi) is 2.63. The lowest BCUT2D eigenvalue weighted by molar-refractivity contribution is 0.00578. The summed E-state index contributed by atoms with van der Waals surface area (Å²) in [5.41, 5.74) is 6.31. The Labute approximate surface area is 102 Å². The van der Waals surface area contributed by atoms with Gasteiger partial charge in [0.2, 0.25) is 0 Å². The third-order valence-corrected chi connectivity index (χ3v) is 3.58. The second kappa shape index (κ2) is 3.65. The van der Waals surface area contributed by atoms with Crippen LogP contribution in [0, 0.1) is 0 Å². The minimum atomic E-state index is -0.486. The van der Waals surface area contributed by atoms with Crippen molar-refractivity contribution in [3.05, 3.63) is 18.2 Å². The summed E-state index contributed by atoms with van der Waals surface area (Å²) >= 11 is 0. The van der Waals surface area contributed by atoms with Crippen molar-refractivity contribution in [1.29, 1.82) is 0 Å². The molecule has 1 heterocycles. The number of nitrogens with two attached hydrogens (primary N) is 1. The van der Waals surface area contributed by atoms with Crippen molar-refractivity contribution in [3.63, 3.8) is 0 Å². The molecular formula is C12H18BNO3. The van der Waals surface area contributed by atoms with Gasteiger partial charge in [-0.1, -0.05) is 6.07 Å². The summed E-state index contributed by atoms with van der Waals surface area (Å²) in [6, 6.07) is 4.81. The van der Waals surface area contributed by atoms with Crippen LogP contribution in [-0.4, -0.2) is 23.4 Å². The average Bonchev–Trinajstić information content (AvgIpc) is 2.35. The Morgan fingerprint density at radius 1 is 1.12 bits per heavy atom. The molecule has 0 radical (unpaired) electrons. The van der Waals surface area contributed by atoms with Gasteiger partial charge in [0, 0.05) is 17.2 Å². The quantitative estimate of drug-likeness (QED) is 0.568. The third-order valence-electron chi connectivity index (χ3n) is 3.58. The van der Waals surface area contributed by atoms with Gasteiger partial charge in [-0.15, -0.1) is 0 Å². The van der Waals surface area contributed by atoms with Crippen LogP contribution in [0.3, 0.4) is 0 Å². The van der Waals surface area contributed by atoms with Crippen LogP contribution in [0.1, 0.15) is 27.7 Å². The Balaban J connectivity index is 2.32. The second-order valence-electron chi connectivity index (χ2n) is 5.40. The number of benzene rings is 1. The maximum atomic E-state index is 9.32. The van der Waals surface area contributed by atoms with Crippen molar-refractivity contribution in [2.45, 2.75) is 38.9 Å². The Bertz CT molecular complexity index is 429. The third kappa shape index (κ3) is 2.00. The van der Waals surface area contributed by atoms with E-state index in [0.29, 0.717) is 5.69 Å². The molecule has 92 valence electrons. The topological polar surface area (TPSA) is 64.7 Å². The number of phenols is 1. The fraction of sp³-hybridized carbons (Fsp3) is 0.500. The fourth-order valence-electron chi connectivity index (χ4n) is 1.75. The molecule has 0 amide bonds. The van der Waals surface area contributed by atoms with Crippen molar-refractivity contribution >= 4 is 18.3 Å². The Morgan fingerprint density at radius 3 is 2.12 bits per heavy atom. The zero-order valence-corrected chi connectivity index (χ0v) is 10.7. The maximum absolute atomic E-state index is 9.32. The van der Waals surface area contributed by atoms with Crippen LogP contribution >= 0.6 is 0 Å². The molecule has 17 heavy (non-hydrogen) atoms. The molecule has 5 heteroatoms. The molecule has 1 aromatic carbocycles. The molecule has 0 bridgehead atoms. The predicted octanol–water partition coefficient (Wildman–Crippen LogP) is 1.27. The van der Waals surface area contributed by atoms with Crippen LogP contribution in [0.5, 0.6) is 5.75 Å². The molecule has 2 rings (SSSR count). The van der Waals surface area contributed by atoms with Crippen LogP contribution in [0.2, 0.25) is 0 Å². The van der Waals surface area contributed by atoms with E-state index in [1.54, 1.807) is 12.1 Å². The highest BCUT2D eigenvalue weighted by molar-refractivity contribution is 6.63. The predicted molar refractivity (Wildman–Crippen MR) is 68.2 cm³/mol. The molecule has 0 aromatic heterocycles. The van der Waals surface area contributed by atoms with Crippen molar-refractivity contribution in [1.82, 2.24) is 0 Å². The number of hydrogen-bond acceptors (Lipinski definition) is 4. The van der Waals surface area contributed by atoms with Gasteiger partial charge in [-0.25, -0.2) is 0 Å². The maximum Gasteiger partial charge on any atom is 0.496 e. The fourth-order valence-corrected chi connectivity index (χ4v) is 1.75. The molecule has 1 aliphatic rings. The zero-order valence-electron chi connectivity index (χ0n) is 10.7. The highest BCUT2D eigenvalue weighted by Gasteiger charge is 2.52. The number of phenolic OH excluding ortho intramolecular Hbond substituents is 1. The van der Waals surface area contributed by atoms with Gasteiger partial charge >= 0.3 is 7.12 Å². The van der Waals surface area contributed by atoms with Gasteiger partial charge in [-0.3, -0.25) is 0 Å². The summed E-state index contributed by atoms with van der Waals surface area (Å²) in [6.07, 6.45) is 0. The van der Waals surface area contributed by atoms with Gasteiger partial charge in [0.25, 0.3) is 0 Å². The molecule has 1 aliphatic heterocycles. The molecule has 1 saturated heterocycles. The molecule has 0 aliphatic carbocycles. The molecular weight excluding hydrogens is 217 g/mol. The summed E-state index contributed by atoms with van der Waals surface area (Å²) < 4.78 is 11.8. The van der Waals surface area contributed by atoms with Gasteiger partial charge in [-0.2, -0.15) is 0 Å². The minimum Gasteiger partial charge on any atom is -0.508 e. The van der Waals surface area contributed by atoms with Crippen LogP contribution in [0.4, 0.5) is 5.69 Å². The van der Waals surface area contributed by atoms with Gasteiger partial charge in [0.15, 0.2) is 0 Å². The average molecular weight is 235 g/mol. The first-order chi connectivity index (χ1) is 7.73. The van der Waals surface area contributed by atoms with Gasteiger partial charge in [0.05, 0.1) is 11.2 Å². The van der Waals surface area contributed by atoms with Gasteiger partial charge in [0.1, 0.15) is 5.75 Å². The summed E-state index contributed by atoms with van der Waals surface area (Å²) in [5.74, 6) is 0.141. The normalized spacial score (nSPS) is 21.8. The molecule has 0 unspecified atom stereocenters. The summed E-state index contributed by atoms with van der Waals surface area (Å²) in [7, 11) is -0.486. The Morgan fingerprint density at radius 2 is 1.65 bits per heavy atom. The smallest absolute Gasteiger partial charge is 0.496 e. The van der Waals surface area contributed by atoms with Crippen molar-refractivity contribution in [2.24, 2.45) is 0 Å². The number of hydrogen-bond donors (Lipinski definition) is 2. The number of anilines is 1. The summed E-state index contributed by atoms with van der Waals surface area (Å²) in [5, 5.41) is 9.32. The second-order valence-corrected chi connectivity index (χ2v) is 5.40. The van der Waals surface area contributed by atoms with E-state index < -0.39 is 7.12 Å². The lowest BCUT2D eigenvalue weighted by atomic mass is 9.78. The van der Waals surface area contributed by atoms with Gasteiger partial charge in [-0.05, 0) is 33.8 Å². The van der Waals surface area contributed by atoms with E-state index in [9.17, 15) is 5.11 Å². The SMILES string of the molecule is CC1(C)OB(c2ccc(O)cc2N)OC1(C)C. The molecule has 0 atom stereocenters. The van der Waals surface area contributed by atoms with Crippen LogP contribution in [0.25, 0.3) is 0 Å². The largest absolute Gasteiger partial charge is 0.508 e.